The third kappa shape index (κ3) is 4.05. The fourth-order valence-corrected chi connectivity index (χ4v) is 4.59. The molecule has 1 aromatic carbocycles. The molecule has 1 aliphatic heterocycles. The number of hydrogen-bond acceptors (Lipinski definition) is 5. The largest absolute Gasteiger partial charge is 0.493 e. The van der Waals surface area contributed by atoms with Crippen molar-refractivity contribution >= 4 is 11.3 Å². The zero-order valence-corrected chi connectivity index (χ0v) is 17.1. The molecule has 1 unspecified atom stereocenters. The maximum atomic E-state index is 6.13. The van der Waals surface area contributed by atoms with Gasteiger partial charge in [0.05, 0.1) is 13.2 Å². The molecule has 0 fully saturated rings. The van der Waals surface area contributed by atoms with E-state index in [2.05, 4.69) is 54.6 Å². The van der Waals surface area contributed by atoms with Crippen LogP contribution in [0.4, 0.5) is 0 Å². The Labute approximate surface area is 161 Å². The highest BCUT2D eigenvalue weighted by Crippen LogP contribution is 2.39. The minimum atomic E-state index is 0.245. The zero-order valence-electron chi connectivity index (χ0n) is 16.3. The summed E-state index contributed by atoms with van der Waals surface area (Å²) in [6, 6.07) is 6.79. The fourth-order valence-electron chi connectivity index (χ4n) is 3.58. The zero-order chi connectivity index (χ0) is 18.5. The molecule has 2 aromatic rings. The van der Waals surface area contributed by atoms with Gasteiger partial charge in [-0.05, 0) is 66.7 Å². The Hall–Kier alpha value is -1.56. The predicted molar refractivity (Wildman–Crippen MR) is 109 cm³/mol. The molecule has 0 amide bonds. The van der Waals surface area contributed by atoms with Gasteiger partial charge in [-0.25, -0.2) is 0 Å². The molecule has 0 aliphatic carbocycles. The van der Waals surface area contributed by atoms with E-state index < -0.39 is 0 Å². The van der Waals surface area contributed by atoms with Gasteiger partial charge in [-0.1, -0.05) is 13.8 Å². The van der Waals surface area contributed by atoms with Crippen LogP contribution in [0.3, 0.4) is 0 Å². The maximum Gasteiger partial charge on any atom is 0.161 e. The van der Waals surface area contributed by atoms with Crippen molar-refractivity contribution in [3.8, 4) is 11.5 Å². The first-order chi connectivity index (χ1) is 12.7. The molecular formula is C21H30N2O2S. The average Bonchev–Trinajstić information content (AvgIpc) is 3.09. The van der Waals surface area contributed by atoms with E-state index in [-0.39, 0.29) is 6.04 Å². The number of fused-ring (bicyclic) bond motifs is 1. The molecule has 2 heterocycles. The first-order valence-electron chi connectivity index (χ1n) is 9.51. The summed E-state index contributed by atoms with van der Waals surface area (Å²) in [4.78, 5) is 3.76. The van der Waals surface area contributed by atoms with Gasteiger partial charge in [-0.2, -0.15) is 0 Å². The summed E-state index contributed by atoms with van der Waals surface area (Å²) < 4.78 is 11.7. The molecule has 0 spiro atoms. The third-order valence-electron chi connectivity index (χ3n) is 5.20. The van der Waals surface area contributed by atoms with E-state index in [4.69, 9.17) is 9.47 Å². The number of thiophene rings is 1. The van der Waals surface area contributed by atoms with Crippen LogP contribution < -0.4 is 14.8 Å². The topological polar surface area (TPSA) is 33.7 Å². The molecule has 0 saturated carbocycles. The lowest BCUT2D eigenvalue weighted by Crippen LogP contribution is -2.30. The Morgan fingerprint density at radius 3 is 2.69 bits per heavy atom. The van der Waals surface area contributed by atoms with Crippen molar-refractivity contribution in [2.75, 3.05) is 39.9 Å². The smallest absolute Gasteiger partial charge is 0.161 e. The predicted octanol–water partition coefficient (Wildman–Crippen LogP) is 4.02. The van der Waals surface area contributed by atoms with Crippen molar-refractivity contribution < 1.29 is 9.47 Å². The monoisotopic (exact) mass is 374 g/mol. The van der Waals surface area contributed by atoms with Crippen LogP contribution in [0.2, 0.25) is 0 Å². The molecule has 26 heavy (non-hydrogen) atoms. The van der Waals surface area contributed by atoms with Crippen LogP contribution in [0.5, 0.6) is 11.5 Å². The van der Waals surface area contributed by atoms with Gasteiger partial charge in [-0.3, -0.25) is 0 Å². The second kappa shape index (κ2) is 8.89. The van der Waals surface area contributed by atoms with Crippen LogP contribution >= 0.6 is 11.3 Å². The molecule has 0 saturated heterocycles. The SMILES string of the molecule is CCN(CC)CCOc1cc2c(cc1OC)CCNC2c1sccc1C. The molecule has 142 valence electrons. The number of hydrogen-bond donors (Lipinski definition) is 1. The standard InChI is InChI=1S/C21H30N2O2S/c1-5-23(6-2)10-11-25-19-14-17-16(13-18(19)24-4)7-9-22-20(17)21-15(3)8-12-26-21/h8,12-14,20,22H,5-7,9-11H2,1-4H3. The van der Waals surface area contributed by atoms with Gasteiger partial charge in [0, 0.05) is 18.0 Å². The van der Waals surface area contributed by atoms with Crippen LogP contribution in [-0.4, -0.2) is 44.8 Å². The molecule has 1 aliphatic rings. The number of ether oxygens (including phenoxy) is 2. The van der Waals surface area contributed by atoms with Crippen molar-refractivity contribution in [1.29, 1.82) is 0 Å². The third-order valence-corrected chi connectivity index (χ3v) is 6.29. The van der Waals surface area contributed by atoms with E-state index in [0.717, 1.165) is 44.1 Å². The van der Waals surface area contributed by atoms with E-state index in [1.54, 1.807) is 7.11 Å². The van der Waals surface area contributed by atoms with Crippen molar-refractivity contribution in [2.45, 2.75) is 33.2 Å². The molecule has 1 atom stereocenters. The Morgan fingerprint density at radius 2 is 2.04 bits per heavy atom. The van der Waals surface area contributed by atoms with Gasteiger partial charge in [0.1, 0.15) is 6.61 Å². The maximum absolute atomic E-state index is 6.13. The second-order valence-electron chi connectivity index (χ2n) is 6.68. The van der Waals surface area contributed by atoms with Crippen molar-refractivity contribution in [2.24, 2.45) is 0 Å². The summed E-state index contributed by atoms with van der Waals surface area (Å²) in [5.74, 6) is 1.69. The Balaban J connectivity index is 1.85. The summed E-state index contributed by atoms with van der Waals surface area (Å²) in [5, 5.41) is 5.85. The molecule has 0 radical (unpaired) electrons. The normalized spacial score (nSPS) is 16.6. The number of benzene rings is 1. The van der Waals surface area contributed by atoms with Crippen LogP contribution in [-0.2, 0) is 6.42 Å². The van der Waals surface area contributed by atoms with Gasteiger partial charge >= 0.3 is 0 Å². The Morgan fingerprint density at radius 1 is 1.23 bits per heavy atom. The number of methoxy groups -OCH3 is 1. The summed E-state index contributed by atoms with van der Waals surface area (Å²) in [7, 11) is 1.72. The lowest BCUT2D eigenvalue weighted by atomic mass is 9.91. The Kier molecular flexibility index (Phi) is 6.57. The van der Waals surface area contributed by atoms with Crippen LogP contribution in [0.15, 0.2) is 23.6 Å². The van der Waals surface area contributed by atoms with Crippen molar-refractivity contribution in [3.63, 3.8) is 0 Å². The number of aryl methyl sites for hydroxylation is 1. The molecular weight excluding hydrogens is 344 g/mol. The van der Waals surface area contributed by atoms with Gasteiger partial charge in [0.15, 0.2) is 11.5 Å². The van der Waals surface area contributed by atoms with Crippen molar-refractivity contribution in [1.82, 2.24) is 10.2 Å². The van der Waals surface area contributed by atoms with Crippen LogP contribution in [0.25, 0.3) is 0 Å². The van der Waals surface area contributed by atoms with E-state index in [9.17, 15) is 0 Å². The first-order valence-corrected chi connectivity index (χ1v) is 10.4. The minimum Gasteiger partial charge on any atom is -0.493 e. The van der Waals surface area contributed by atoms with Crippen molar-refractivity contribution in [3.05, 3.63) is 45.1 Å². The highest BCUT2D eigenvalue weighted by atomic mass is 32.1. The molecule has 1 aromatic heterocycles. The number of likely N-dealkylation sites (N-methyl/N-ethyl adjacent to an activating group) is 1. The van der Waals surface area contributed by atoms with Gasteiger partial charge in [0.25, 0.3) is 0 Å². The first kappa shape index (κ1) is 19.2. The summed E-state index contributed by atoms with van der Waals surface area (Å²) in [5.41, 5.74) is 4.02. The minimum absolute atomic E-state index is 0.245. The molecule has 0 bridgehead atoms. The summed E-state index contributed by atoms with van der Waals surface area (Å²) in [6.45, 7) is 11.2. The fraction of sp³-hybridized carbons (Fsp3) is 0.524. The number of nitrogens with one attached hydrogen (secondary N) is 1. The number of nitrogens with zero attached hydrogens (tertiary/aromatic N) is 1. The van der Waals surface area contributed by atoms with E-state index in [1.165, 1.54) is 21.6 Å². The molecule has 3 rings (SSSR count). The Bertz CT molecular complexity index is 725. The summed E-state index contributed by atoms with van der Waals surface area (Å²) >= 11 is 1.82. The number of rotatable bonds is 8. The van der Waals surface area contributed by atoms with Crippen LogP contribution in [0.1, 0.15) is 41.5 Å². The quantitative estimate of drug-likeness (QED) is 0.757. The average molecular weight is 375 g/mol. The highest BCUT2D eigenvalue weighted by Gasteiger charge is 2.25. The van der Waals surface area contributed by atoms with E-state index >= 15 is 0 Å². The van der Waals surface area contributed by atoms with Gasteiger partial charge < -0.3 is 19.7 Å². The second-order valence-corrected chi connectivity index (χ2v) is 7.63. The van der Waals surface area contributed by atoms with Gasteiger partial charge in [0.2, 0.25) is 0 Å². The van der Waals surface area contributed by atoms with E-state index in [1.807, 2.05) is 11.3 Å². The molecule has 1 N–H and O–H groups in total. The van der Waals surface area contributed by atoms with Gasteiger partial charge in [-0.15, -0.1) is 11.3 Å². The van der Waals surface area contributed by atoms with Crippen LogP contribution in [0, 0.1) is 6.92 Å². The molecule has 4 nitrogen and oxygen atoms in total. The highest BCUT2D eigenvalue weighted by molar-refractivity contribution is 7.10. The molecule has 5 heteroatoms. The lowest BCUT2D eigenvalue weighted by molar-refractivity contribution is 0.217. The van der Waals surface area contributed by atoms with E-state index in [0.29, 0.717) is 6.61 Å². The summed E-state index contributed by atoms with van der Waals surface area (Å²) in [6.07, 6.45) is 1.02. The lowest BCUT2D eigenvalue weighted by Gasteiger charge is -2.28.